The first kappa shape index (κ1) is 9.67. The van der Waals surface area contributed by atoms with Crippen molar-refractivity contribution in [2.75, 3.05) is 0 Å². The SMILES string of the molecule is FC1(F)OC(F)(Cl)C(Cl)(Cl)O1. The number of rotatable bonds is 0. The molecule has 0 N–H and O–H groups in total. The second-order valence-electron chi connectivity index (χ2n) is 1.70. The Hall–Kier alpha value is 0.580. The van der Waals surface area contributed by atoms with Crippen molar-refractivity contribution in [2.45, 2.75) is 16.1 Å². The number of hydrogen-bond acceptors (Lipinski definition) is 2. The predicted molar refractivity (Wildman–Crippen MR) is 31.2 cm³/mol. The molecule has 0 aliphatic carbocycles. The van der Waals surface area contributed by atoms with Gasteiger partial charge in [0.2, 0.25) is 0 Å². The number of alkyl halides is 6. The van der Waals surface area contributed by atoms with E-state index in [1.807, 2.05) is 0 Å². The van der Waals surface area contributed by atoms with Crippen LogP contribution in [0.1, 0.15) is 0 Å². The number of ether oxygens (including phenoxy) is 2. The molecular weight excluding hydrogens is 231 g/mol. The summed E-state index contributed by atoms with van der Waals surface area (Å²) in [5.74, 6) is 0. The van der Waals surface area contributed by atoms with Gasteiger partial charge in [0.25, 0.3) is 4.52 Å². The molecule has 1 saturated heterocycles. The number of hydrogen-bond donors (Lipinski definition) is 0. The highest BCUT2D eigenvalue weighted by Gasteiger charge is 2.69. The van der Waals surface area contributed by atoms with Gasteiger partial charge in [-0.3, -0.25) is 4.74 Å². The van der Waals surface area contributed by atoms with Gasteiger partial charge in [-0.05, 0) is 11.6 Å². The average molecular weight is 231 g/mol. The molecular formula is C3Cl3F3O2. The third-order valence-corrected chi connectivity index (χ3v) is 2.01. The van der Waals surface area contributed by atoms with E-state index in [4.69, 9.17) is 23.2 Å². The van der Waals surface area contributed by atoms with Crippen LogP contribution in [0.25, 0.3) is 0 Å². The smallest absolute Gasteiger partial charge is 0.251 e. The van der Waals surface area contributed by atoms with E-state index in [9.17, 15) is 13.2 Å². The summed E-state index contributed by atoms with van der Waals surface area (Å²) in [6, 6.07) is 0. The first-order chi connectivity index (χ1) is 4.66. The molecule has 0 aromatic rings. The normalized spacial score (nSPS) is 40.9. The molecule has 11 heavy (non-hydrogen) atoms. The van der Waals surface area contributed by atoms with E-state index in [-0.39, 0.29) is 0 Å². The standard InChI is InChI=1S/C3Cl3F3O2/c4-1(5)2(6,7)11-3(8,9)10-1. The minimum atomic E-state index is -4.21. The average Bonchev–Trinajstić information content (AvgIpc) is 1.66. The lowest BCUT2D eigenvalue weighted by Gasteiger charge is -2.16. The zero-order valence-corrected chi connectivity index (χ0v) is 6.85. The zero-order valence-electron chi connectivity index (χ0n) is 4.58. The van der Waals surface area contributed by atoms with Gasteiger partial charge in [-0.25, -0.2) is 4.74 Å². The first-order valence-electron chi connectivity index (χ1n) is 2.20. The Morgan fingerprint density at radius 3 is 1.45 bits per heavy atom. The van der Waals surface area contributed by atoms with E-state index in [0.29, 0.717) is 0 Å². The first-order valence-corrected chi connectivity index (χ1v) is 3.33. The van der Waals surface area contributed by atoms with Crippen LogP contribution in [0.4, 0.5) is 13.2 Å². The molecule has 2 nitrogen and oxygen atoms in total. The fourth-order valence-corrected chi connectivity index (χ4v) is 0.823. The second-order valence-corrected chi connectivity index (χ2v) is 3.45. The number of halogens is 6. The molecule has 1 heterocycles. The summed E-state index contributed by atoms with van der Waals surface area (Å²) in [5.41, 5.74) is 0. The lowest BCUT2D eigenvalue weighted by molar-refractivity contribution is -0.360. The predicted octanol–water partition coefficient (Wildman–Crippen LogP) is 2.58. The molecule has 8 heteroatoms. The minimum Gasteiger partial charge on any atom is -0.251 e. The van der Waals surface area contributed by atoms with Crippen LogP contribution in [0.5, 0.6) is 0 Å². The van der Waals surface area contributed by atoms with E-state index in [2.05, 4.69) is 21.1 Å². The summed E-state index contributed by atoms with van der Waals surface area (Å²) >= 11 is 14.4. The summed E-state index contributed by atoms with van der Waals surface area (Å²) < 4.78 is 40.3. The largest absolute Gasteiger partial charge is 0.492 e. The van der Waals surface area contributed by atoms with Crippen molar-refractivity contribution in [3.05, 3.63) is 0 Å². The van der Waals surface area contributed by atoms with Crippen LogP contribution in [-0.2, 0) is 9.47 Å². The van der Waals surface area contributed by atoms with Gasteiger partial charge in [0.05, 0.1) is 0 Å². The molecule has 0 aromatic heterocycles. The monoisotopic (exact) mass is 230 g/mol. The van der Waals surface area contributed by atoms with Crippen molar-refractivity contribution >= 4 is 34.8 Å². The molecule has 1 atom stereocenters. The Labute approximate surface area is 74.1 Å². The molecule has 0 radical (unpaired) electrons. The summed E-state index contributed by atoms with van der Waals surface area (Å²) in [6.07, 6.45) is -4.21. The summed E-state index contributed by atoms with van der Waals surface area (Å²) in [7, 11) is 0. The third-order valence-electron chi connectivity index (χ3n) is 0.833. The molecule has 66 valence electrons. The highest BCUT2D eigenvalue weighted by atomic mass is 35.5. The Balaban J connectivity index is 2.89. The van der Waals surface area contributed by atoms with Crippen LogP contribution in [-0.4, -0.2) is 16.1 Å². The van der Waals surface area contributed by atoms with Crippen molar-refractivity contribution in [1.82, 2.24) is 0 Å². The van der Waals surface area contributed by atoms with E-state index in [1.54, 1.807) is 0 Å². The molecule has 0 bridgehead atoms. The van der Waals surface area contributed by atoms with Gasteiger partial charge >= 0.3 is 11.6 Å². The molecule has 1 rings (SSSR count). The van der Waals surface area contributed by atoms with Gasteiger partial charge in [-0.15, -0.1) is 8.78 Å². The molecule has 1 fully saturated rings. The summed E-state index contributed by atoms with van der Waals surface area (Å²) in [5, 5.41) is -3.44. The fraction of sp³-hybridized carbons (Fsp3) is 1.00. The van der Waals surface area contributed by atoms with Crippen LogP contribution >= 0.6 is 34.8 Å². The van der Waals surface area contributed by atoms with Crippen molar-refractivity contribution < 1.29 is 22.6 Å². The van der Waals surface area contributed by atoms with Crippen LogP contribution in [0.3, 0.4) is 0 Å². The maximum Gasteiger partial charge on any atom is 0.492 e. The van der Waals surface area contributed by atoms with Crippen molar-refractivity contribution in [1.29, 1.82) is 0 Å². The van der Waals surface area contributed by atoms with E-state index >= 15 is 0 Å². The Kier molecular flexibility index (Phi) is 2.01. The molecule has 0 amide bonds. The zero-order chi connectivity index (χ0) is 8.91. The van der Waals surface area contributed by atoms with E-state index in [0.717, 1.165) is 0 Å². The summed E-state index contributed by atoms with van der Waals surface area (Å²) in [6.45, 7) is 0. The highest BCUT2D eigenvalue weighted by molar-refractivity contribution is 6.51. The quantitative estimate of drug-likeness (QED) is 0.597. The fourth-order valence-electron chi connectivity index (χ4n) is 0.438. The van der Waals surface area contributed by atoms with E-state index < -0.39 is 16.1 Å². The molecule has 1 unspecified atom stereocenters. The summed E-state index contributed by atoms with van der Waals surface area (Å²) in [4.78, 5) is 0. The highest BCUT2D eigenvalue weighted by Crippen LogP contribution is 2.53. The van der Waals surface area contributed by atoms with Gasteiger partial charge in [0.15, 0.2) is 0 Å². The molecule has 0 spiro atoms. The minimum absolute atomic E-state index is 2.90. The van der Waals surface area contributed by atoms with Gasteiger partial charge in [-0.1, -0.05) is 23.2 Å². The lowest BCUT2D eigenvalue weighted by atomic mass is 10.7. The maximum atomic E-state index is 12.6. The van der Waals surface area contributed by atoms with Gasteiger partial charge in [0, 0.05) is 0 Å². The Morgan fingerprint density at radius 1 is 0.909 bits per heavy atom. The Bertz CT molecular complexity index is 165. The molecule has 1 aliphatic rings. The maximum absolute atomic E-state index is 12.6. The third kappa shape index (κ3) is 1.67. The van der Waals surface area contributed by atoms with Gasteiger partial charge in [-0.2, -0.15) is 4.39 Å². The molecule has 0 saturated carbocycles. The van der Waals surface area contributed by atoms with Crippen molar-refractivity contribution in [2.24, 2.45) is 0 Å². The molecule has 1 aliphatic heterocycles. The van der Waals surface area contributed by atoms with Crippen molar-refractivity contribution in [3.8, 4) is 0 Å². The van der Waals surface area contributed by atoms with Crippen LogP contribution in [0.2, 0.25) is 0 Å². The van der Waals surface area contributed by atoms with Crippen molar-refractivity contribution in [3.63, 3.8) is 0 Å². The second kappa shape index (κ2) is 2.29. The van der Waals surface area contributed by atoms with Crippen LogP contribution < -0.4 is 0 Å². The topological polar surface area (TPSA) is 18.5 Å². The van der Waals surface area contributed by atoms with Gasteiger partial charge in [0.1, 0.15) is 0 Å². The Morgan fingerprint density at radius 2 is 1.36 bits per heavy atom. The van der Waals surface area contributed by atoms with E-state index in [1.165, 1.54) is 0 Å². The lowest BCUT2D eigenvalue weighted by Crippen LogP contribution is -2.33. The van der Waals surface area contributed by atoms with Gasteiger partial charge < -0.3 is 0 Å². The van der Waals surface area contributed by atoms with Crippen LogP contribution in [0.15, 0.2) is 0 Å². The molecule has 0 aromatic carbocycles. The van der Waals surface area contributed by atoms with Crippen LogP contribution in [0, 0.1) is 0 Å².